The van der Waals surface area contributed by atoms with Crippen molar-refractivity contribution in [3.05, 3.63) is 0 Å². The molecule has 1 heterocycles. The highest BCUT2D eigenvalue weighted by Crippen LogP contribution is 2.29. The topological polar surface area (TPSA) is 72.9 Å². The number of rotatable bonds is 6. The molecule has 6 heteroatoms. The van der Waals surface area contributed by atoms with Gasteiger partial charge in [0, 0.05) is 32.7 Å². The van der Waals surface area contributed by atoms with Crippen LogP contribution in [0.15, 0.2) is 0 Å². The first-order valence-electron chi connectivity index (χ1n) is 7.60. The SMILES string of the molecule is CCC[C@H](NC(=O)N1CCN(CC2CC2)CC1)C(=O)O. The molecule has 2 aliphatic rings. The lowest BCUT2D eigenvalue weighted by molar-refractivity contribution is -0.139. The molecule has 0 radical (unpaired) electrons. The summed E-state index contributed by atoms with van der Waals surface area (Å²) in [5.74, 6) is -0.0797. The van der Waals surface area contributed by atoms with E-state index in [4.69, 9.17) is 5.11 Å². The Morgan fingerprint density at radius 1 is 1.25 bits per heavy atom. The summed E-state index contributed by atoms with van der Waals surface area (Å²) in [6.45, 7) is 6.25. The van der Waals surface area contributed by atoms with Crippen LogP contribution in [-0.4, -0.2) is 65.7 Å². The molecule has 0 aromatic carbocycles. The van der Waals surface area contributed by atoms with E-state index >= 15 is 0 Å². The van der Waals surface area contributed by atoms with Gasteiger partial charge in [-0.2, -0.15) is 0 Å². The molecule has 1 aliphatic carbocycles. The first-order valence-corrected chi connectivity index (χ1v) is 7.60. The molecule has 0 spiro atoms. The van der Waals surface area contributed by atoms with E-state index in [0.29, 0.717) is 19.5 Å². The molecule has 1 aliphatic heterocycles. The third-order valence-electron chi connectivity index (χ3n) is 4.05. The Morgan fingerprint density at radius 3 is 2.40 bits per heavy atom. The van der Waals surface area contributed by atoms with Gasteiger partial charge in [0.1, 0.15) is 6.04 Å². The quantitative estimate of drug-likeness (QED) is 0.762. The van der Waals surface area contributed by atoms with Crippen molar-refractivity contribution in [1.82, 2.24) is 15.1 Å². The van der Waals surface area contributed by atoms with E-state index in [9.17, 15) is 9.59 Å². The van der Waals surface area contributed by atoms with Crippen LogP contribution in [0.2, 0.25) is 0 Å². The van der Waals surface area contributed by atoms with Crippen molar-refractivity contribution in [3.8, 4) is 0 Å². The zero-order valence-electron chi connectivity index (χ0n) is 12.2. The van der Waals surface area contributed by atoms with E-state index in [1.165, 1.54) is 12.8 Å². The van der Waals surface area contributed by atoms with Crippen LogP contribution in [0.5, 0.6) is 0 Å². The van der Waals surface area contributed by atoms with Crippen molar-refractivity contribution >= 4 is 12.0 Å². The zero-order chi connectivity index (χ0) is 14.5. The van der Waals surface area contributed by atoms with E-state index in [1.54, 1.807) is 4.90 Å². The molecule has 2 fully saturated rings. The van der Waals surface area contributed by atoms with Gasteiger partial charge in [-0.15, -0.1) is 0 Å². The van der Waals surface area contributed by atoms with Gasteiger partial charge in [0.15, 0.2) is 0 Å². The summed E-state index contributed by atoms with van der Waals surface area (Å²) < 4.78 is 0. The number of carbonyl (C=O) groups is 2. The van der Waals surface area contributed by atoms with E-state index in [2.05, 4.69) is 10.2 Å². The Kier molecular flexibility index (Phi) is 5.23. The average Bonchev–Trinajstić information content (AvgIpc) is 3.22. The fraction of sp³-hybridized carbons (Fsp3) is 0.857. The normalized spacial score (nSPS) is 21.6. The third-order valence-corrected chi connectivity index (χ3v) is 4.05. The van der Waals surface area contributed by atoms with Crippen LogP contribution in [0, 0.1) is 5.92 Å². The van der Waals surface area contributed by atoms with Crippen molar-refractivity contribution in [1.29, 1.82) is 0 Å². The Balaban J connectivity index is 1.73. The number of carboxylic acids is 1. The molecule has 0 aromatic heterocycles. The lowest BCUT2D eigenvalue weighted by Gasteiger charge is -2.35. The molecule has 2 N–H and O–H groups in total. The Morgan fingerprint density at radius 2 is 1.90 bits per heavy atom. The van der Waals surface area contributed by atoms with Crippen LogP contribution < -0.4 is 5.32 Å². The molecule has 1 saturated carbocycles. The van der Waals surface area contributed by atoms with Gasteiger partial charge in [0.05, 0.1) is 0 Å². The monoisotopic (exact) mass is 283 g/mol. The molecular formula is C14H25N3O3. The van der Waals surface area contributed by atoms with Gasteiger partial charge in [-0.3, -0.25) is 4.90 Å². The van der Waals surface area contributed by atoms with Crippen molar-refractivity contribution in [2.45, 2.75) is 38.6 Å². The van der Waals surface area contributed by atoms with Crippen LogP contribution in [0.4, 0.5) is 4.79 Å². The smallest absolute Gasteiger partial charge is 0.326 e. The summed E-state index contributed by atoms with van der Waals surface area (Å²) in [5, 5.41) is 11.7. The summed E-state index contributed by atoms with van der Waals surface area (Å²) in [6, 6.07) is -1.01. The molecule has 2 amide bonds. The number of amides is 2. The predicted molar refractivity (Wildman–Crippen MR) is 75.6 cm³/mol. The van der Waals surface area contributed by atoms with Crippen molar-refractivity contribution in [2.24, 2.45) is 5.92 Å². The number of hydrogen-bond donors (Lipinski definition) is 2. The van der Waals surface area contributed by atoms with Crippen LogP contribution in [-0.2, 0) is 4.79 Å². The highest BCUT2D eigenvalue weighted by Gasteiger charge is 2.28. The number of hydrogen-bond acceptors (Lipinski definition) is 3. The van der Waals surface area contributed by atoms with Gasteiger partial charge in [-0.1, -0.05) is 13.3 Å². The molecule has 114 valence electrons. The Labute approximate surface area is 120 Å². The maximum atomic E-state index is 12.1. The predicted octanol–water partition coefficient (Wildman–Crippen LogP) is 0.977. The number of aliphatic carboxylic acids is 1. The summed E-state index contributed by atoms with van der Waals surface area (Å²) in [6.07, 6.45) is 3.91. The standard InChI is InChI=1S/C14H25N3O3/c1-2-3-12(13(18)19)15-14(20)17-8-6-16(7-9-17)10-11-4-5-11/h11-12H,2-10H2,1H3,(H,15,20)(H,18,19)/t12-/m0/s1. The number of nitrogens with one attached hydrogen (secondary N) is 1. The molecule has 6 nitrogen and oxygen atoms in total. The van der Waals surface area contributed by atoms with Gasteiger partial charge in [-0.05, 0) is 25.2 Å². The van der Waals surface area contributed by atoms with Crippen molar-refractivity contribution in [3.63, 3.8) is 0 Å². The first-order chi connectivity index (χ1) is 9.60. The van der Waals surface area contributed by atoms with Crippen molar-refractivity contribution in [2.75, 3.05) is 32.7 Å². The lowest BCUT2D eigenvalue weighted by Crippen LogP contribution is -2.54. The van der Waals surface area contributed by atoms with E-state index < -0.39 is 12.0 Å². The second-order valence-electron chi connectivity index (χ2n) is 5.86. The average molecular weight is 283 g/mol. The van der Waals surface area contributed by atoms with Crippen LogP contribution in [0.3, 0.4) is 0 Å². The summed E-state index contributed by atoms with van der Waals surface area (Å²) in [4.78, 5) is 27.2. The van der Waals surface area contributed by atoms with E-state index in [0.717, 1.165) is 32.0 Å². The lowest BCUT2D eigenvalue weighted by atomic mass is 10.2. The maximum Gasteiger partial charge on any atom is 0.326 e. The largest absolute Gasteiger partial charge is 0.480 e. The summed E-state index contributed by atoms with van der Waals surface area (Å²) in [7, 11) is 0. The van der Waals surface area contributed by atoms with Crippen molar-refractivity contribution < 1.29 is 14.7 Å². The summed E-state index contributed by atoms with van der Waals surface area (Å²) in [5.41, 5.74) is 0. The minimum Gasteiger partial charge on any atom is -0.480 e. The molecule has 0 aromatic rings. The van der Waals surface area contributed by atoms with Crippen LogP contribution >= 0.6 is 0 Å². The molecule has 1 saturated heterocycles. The van der Waals surface area contributed by atoms with Gasteiger partial charge in [0.2, 0.25) is 0 Å². The maximum absolute atomic E-state index is 12.1. The first kappa shape index (κ1) is 15.1. The fourth-order valence-electron chi connectivity index (χ4n) is 2.59. The molecule has 1 atom stereocenters. The Hall–Kier alpha value is -1.30. The second-order valence-corrected chi connectivity index (χ2v) is 5.86. The molecule has 0 bridgehead atoms. The van der Waals surface area contributed by atoms with E-state index in [-0.39, 0.29) is 6.03 Å². The third kappa shape index (κ3) is 4.37. The number of urea groups is 1. The fourth-order valence-corrected chi connectivity index (χ4v) is 2.59. The highest BCUT2D eigenvalue weighted by molar-refractivity contribution is 5.82. The van der Waals surface area contributed by atoms with Crippen LogP contribution in [0.1, 0.15) is 32.6 Å². The second kappa shape index (κ2) is 6.92. The minimum absolute atomic E-state index is 0.239. The Bertz CT molecular complexity index is 350. The zero-order valence-corrected chi connectivity index (χ0v) is 12.2. The highest BCUT2D eigenvalue weighted by atomic mass is 16.4. The van der Waals surface area contributed by atoms with Gasteiger partial charge in [0.25, 0.3) is 0 Å². The minimum atomic E-state index is -0.951. The van der Waals surface area contributed by atoms with E-state index in [1.807, 2.05) is 6.92 Å². The number of nitrogens with zero attached hydrogens (tertiary/aromatic N) is 2. The molecule has 20 heavy (non-hydrogen) atoms. The van der Waals surface area contributed by atoms with Crippen LogP contribution in [0.25, 0.3) is 0 Å². The number of carboxylic acid groups (broad SMARTS) is 1. The molecule has 2 rings (SSSR count). The number of carbonyl (C=O) groups excluding carboxylic acids is 1. The van der Waals surface area contributed by atoms with Gasteiger partial charge < -0.3 is 15.3 Å². The molecular weight excluding hydrogens is 258 g/mol. The number of piperazine rings is 1. The van der Waals surface area contributed by atoms with Gasteiger partial charge >= 0.3 is 12.0 Å². The van der Waals surface area contributed by atoms with Gasteiger partial charge in [-0.25, -0.2) is 9.59 Å². The molecule has 0 unspecified atom stereocenters. The summed E-state index contributed by atoms with van der Waals surface area (Å²) >= 11 is 0.